The van der Waals surface area contributed by atoms with E-state index in [1.165, 1.54) is 11.8 Å². The van der Waals surface area contributed by atoms with Crippen LogP contribution in [0.5, 0.6) is 0 Å². The normalized spacial score (nSPS) is 10.9. The van der Waals surface area contributed by atoms with E-state index in [1.807, 2.05) is 48.5 Å². The number of nitrogens with zero attached hydrogens (tertiary/aromatic N) is 1. The largest absolute Gasteiger partial charge is 0.386 e. The lowest BCUT2D eigenvalue weighted by atomic mass is 10.1. The van der Waals surface area contributed by atoms with Gasteiger partial charge in [-0.05, 0) is 48.2 Å². The number of halogens is 1. The van der Waals surface area contributed by atoms with Gasteiger partial charge in [-0.15, -0.1) is 0 Å². The Kier molecular flexibility index (Phi) is 7.73. The molecular formula is C21H22ClN3O. The minimum Gasteiger partial charge on any atom is -0.386 e. The minimum atomic E-state index is -0.438. The predicted molar refractivity (Wildman–Crippen MR) is 106 cm³/mol. The lowest BCUT2D eigenvalue weighted by molar-refractivity contribution is -0.112. The molecule has 0 fully saturated rings. The second kappa shape index (κ2) is 10.3. The van der Waals surface area contributed by atoms with Crippen molar-refractivity contribution in [3.05, 3.63) is 76.5 Å². The SMILES string of the molecule is CCCCc1ccc(NC(=O)/C(C#N)=C\NCc2cccc(Cl)c2)cc1. The molecule has 0 unspecified atom stereocenters. The summed E-state index contributed by atoms with van der Waals surface area (Å²) < 4.78 is 0. The van der Waals surface area contributed by atoms with Crippen molar-refractivity contribution in [1.82, 2.24) is 5.32 Å². The number of nitriles is 1. The number of amides is 1. The van der Waals surface area contributed by atoms with E-state index >= 15 is 0 Å². The molecule has 2 N–H and O–H groups in total. The Morgan fingerprint density at radius 2 is 1.96 bits per heavy atom. The van der Waals surface area contributed by atoms with Crippen LogP contribution in [-0.2, 0) is 17.8 Å². The number of hydrogen-bond acceptors (Lipinski definition) is 3. The molecule has 5 heteroatoms. The number of carbonyl (C=O) groups is 1. The molecule has 0 atom stereocenters. The predicted octanol–water partition coefficient (Wildman–Crippen LogP) is 4.82. The monoisotopic (exact) mass is 367 g/mol. The molecule has 0 aromatic heterocycles. The van der Waals surface area contributed by atoms with Crippen LogP contribution in [0.15, 0.2) is 60.3 Å². The summed E-state index contributed by atoms with van der Waals surface area (Å²) in [6, 6.07) is 17.0. The zero-order chi connectivity index (χ0) is 18.8. The van der Waals surface area contributed by atoms with Crippen LogP contribution in [0.2, 0.25) is 5.02 Å². The van der Waals surface area contributed by atoms with Crippen LogP contribution >= 0.6 is 11.6 Å². The molecule has 0 aliphatic heterocycles. The van der Waals surface area contributed by atoms with Crippen molar-refractivity contribution in [2.24, 2.45) is 0 Å². The van der Waals surface area contributed by atoms with Crippen molar-refractivity contribution in [1.29, 1.82) is 5.26 Å². The summed E-state index contributed by atoms with van der Waals surface area (Å²) >= 11 is 5.93. The highest BCUT2D eigenvalue weighted by atomic mass is 35.5. The van der Waals surface area contributed by atoms with E-state index in [-0.39, 0.29) is 5.57 Å². The number of carbonyl (C=O) groups excluding carboxylic acids is 1. The third-order valence-electron chi connectivity index (χ3n) is 3.84. The number of aryl methyl sites for hydroxylation is 1. The van der Waals surface area contributed by atoms with Crippen molar-refractivity contribution in [3.8, 4) is 6.07 Å². The zero-order valence-corrected chi connectivity index (χ0v) is 15.5. The molecule has 0 aliphatic carbocycles. The second-order valence-corrected chi connectivity index (χ2v) is 6.37. The molecule has 26 heavy (non-hydrogen) atoms. The fourth-order valence-electron chi connectivity index (χ4n) is 2.40. The van der Waals surface area contributed by atoms with Crippen LogP contribution in [0.25, 0.3) is 0 Å². The van der Waals surface area contributed by atoms with Crippen molar-refractivity contribution < 1.29 is 4.79 Å². The van der Waals surface area contributed by atoms with Gasteiger partial charge < -0.3 is 10.6 Å². The van der Waals surface area contributed by atoms with Crippen LogP contribution < -0.4 is 10.6 Å². The molecule has 0 saturated carbocycles. The summed E-state index contributed by atoms with van der Waals surface area (Å²) in [4.78, 5) is 12.2. The number of nitrogens with one attached hydrogen (secondary N) is 2. The van der Waals surface area contributed by atoms with Gasteiger partial charge in [0, 0.05) is 23.5 Å². The van der Waals surface area contributed by atoms with Gasteiger partial charge in [-0.3, -0.25) is 4.79 Å². The van der Waals surface area contributed by atoms with Crippen molar-refractivity contribution in [3.63, 3.8) is 0 Å². The van der Waals surface area contributed by atoms with Crippen LogP contribution in [-0.4, -0.2) is 5.91 Å². The van der Waals surface area contributed by atoms with Crippen molar-refractivity contribution in [2.45, 2.75) is 32.7 Å². The lowest BCUT2D eigenvalue weighted by Gasteiger charge is -2.07. The standard InChI is InChI=1S/C21H22ClN3O/c1-2-3-5-16-8-10-20(11-9-16)25-21(26)18(13-23)15-24-14-17-6-4-7-19(22)12-17/h4,6-12,15,24H,2-3,5,14H2,1H3,(H,25,26)/b18-15-. The molecule has 0 radical (unpaired) electrons. The third-order valence-corrected chi connectivity index (χ3v) is 4.07. The minimum absolute atomic E-state index is 0.0158. The maximum atomic E-state index is 12.2. The Labute approximate surface area is 159 Å². The Hall–Kier alpha value is -2.77. The molecule has 4 nitrogen and oxygen atoms in total. The highest BCUT2D eigenvalue weighted by Gasteiger charge is 2.09. The molecular weight excluding hydrogens is 346 g/mol. The first-order valence-electron chi connectivity index (χ1n) is 8.60. The van der Waals surface area contributed by atoms with E-state index in [0.717, 1.165) is 24.8 Å². The fourth-order valence-corrected chi connectivity index (χ4v) is 2.61. The number of hydrogen-bond donors (Lipinski definition) is 2. The van der Waals surface area contributed by atoms with Gasteiger partial charge in [0.05, 0.1) is 0 Å². The molecule has 0 heterocycles. The smallest absolute Gasteiger partial charge is 0.267 e. The van der Waals surface area contributed by atoms with E-state index in [1.54, 1.807) is 6.07 Å². The van der Waals surface area contributed by atoms with Gasteiger partial charge in [0.2, 0.25) is 0 Å². The summed E-state index contributed by atoms with van der Waals surface area (Å²) in [7, 11) is 0. The highest BCUT2D eigenvalue weighted by Crippen LogP contribution is 2.13. The molecule has 0 spiro atoms. The third kappa shape index (κ3) is 6.27. The van der Waals surface area contributed by atoms with Gasteiger partial charge in [-0.1, -0.05) is 49.2 Å². The molecule has 134 valence electrons. The summed E-state index contributed by atoms with van der Waals surface area (Å²) in [6.07, 6.45) is 4.75. The molecule has 0 bridgehead atoms. The molecule has 0 aliphatic rings. The molecule has 1 amide bonds. The Bertz CT molecular complexity index is 807. The van der Waals surface area contributed by atoms with Gasteiger partial charge in [-0.2, -0.15) is 5.26 Å². The van der Waals surface area contributed by atoms with Crippen molar-refractivity contribution >= 4 is 23.2 Å². The van der Waals surface area contributed by atoms with Gasteiger partial charge >= 0.3 is 0 Å². The van der Waals surface area contributed by atoms with Crippen molar-refractivity contribution in [2.75, 3.05) is 5.32 Å². The maximum Gasteiger partial charge on any atom is 0.267 e. The number of anilines is 1. The van der Waals surface area contributed by atoms with Gasteiger partial charge in [0.25, 0.3) is 5.91 Å². The van der Waals surface area contributed by atoms with E-state index < -0.39 is 5.91 Å². The van der Waals surface area contributed by atoms with Crippen LogP contribution in [0.4, 0.5) is 5.69 Å². The zero-order valence-electron chi connectivity index (χ0n) is 14.8. The van der Waals surface area contributed by atoms with Crippen LogP contribution in [0.1, 0.15) is 30.9 Å². The van der Waals surface area contributed by atoms with E-state index in [2.05, 4.69) is 17.6 Å². The summed E-state index contributed by atoms with van der Waals surface area (Å²) in [6.45, 7) is 2.63. The summed E-state index contributed by atoms with van der Waals surface area (Å²) in [5, 5.41) is 15.6. The van der Waals surface area contributed by atoms with E-state index in [0.29, 0.717) is 17.3 Å². The summed E-state index contributed by atoms with van der Waals surface area (Å²) in [5.41, 5.74) is 2.89. The van der Waals surface area contributed by atoms with Crippen LogP contribution in [0, 0.1) is 11.3 Å². The first kappa shape index (κ1) is 19.6. The topological polar surface area (TPSA) is 64.9 Å². The second-order valence-electron chi connectivity index (χ2n) is 5.94. The maximum absolute atomic E-state index is 12.2. The quantitative estimate of drug-likeness (QED) is 0.519. The Morgan fingerprint density at radius 1 is 1.19 bits per heavy atom. The highest BCUT2D eigenvalue weighted by molar-refractivity contribution is 6.30. The summed E-state index contributed by atoms with van der Waals surface area (Å²) in [5.74, 6) is -0.438. The average Bonchev–Trinajstić information content (AvgIpc) is 2.64. The first-order valence-corrected chi connectivity index (χ1v) is 8.98. The Morgan fingerprint density at radius 3 is 2.62 bits per heavy atom. The van der Waals surface area contributed by atoms with Gasteiger partial charge in [0.1, 0.15) is 11.6 Å². The lowest BCUT2D eigenvalue weighted by Crippen LogP contribution is -2.16. The van der Waals surface area contributed by atoms with E-state index in [9.17, 15) is 10.1 Å². The average molecular weight is 368 g/mol. The van der Waals surface area contributed by atoms with Gasteiger partial charge in [-0.25, -0.2) is 0 Å². The first-order chi connectivity index (χ1) is 12.6. The van der Waals surface area contributed by atoms with Crippen LogP contribution in [0.3, 0.4) is 0 Å². The Balaban J connectivity index is 1.92. The van der Waals surface area contributed by atoms with E-state index in [4.69, 9.17) is 11.6 Å². The fraction of sp³-hybridized carbons (Fsp3) is 0.238. The molecule has 2 aromatic carbocycles. The number of unbranched alkanes of at least 4 members (excludes halogenated alkanes) is 1. The number of benzene rings is 2. The van der Waals surface area contributed by atoms with Gasteiger partial charge in [0.15, 0.2) is 0 Å². The molecule has 2 aromatic rings. The molecule has 0 saturated heterocycles. The molecule has 2 rings (SSSR count). The number of rotatable bonds is 8.